The molecule has 2 saturated heterocycles. The van der Waals surface area contributed by atoms with Gasteiger partial charge in [-0.2, -0.15) is 5.10 Å². The Kier molecular flexibility index (Phi) is 5.34. The molecule has 9 heteroatoms. The molecule has 1 aromatic heterocycles. The predicted molar refractivity (Wildman–Crippen MR) is 94.6 cm³/mol. The molecule has 0 aliphatic carbocycles. The standard InChI is InChI=1S/C16H25N5O3.ClH/c1-15(2,17)12-8-11(19-20-12)13(22)21-6-4-10(5-7-21)16(3)9-24-14(23)18-16;/h8,10H,4-7,9,17H2,1-3H3,(H,18,23)(H,19,20);1H. The largest absolute Gasteiger partial charge is 0.447 e. The average molecular weight is 372 g/mol. The Morgan fingerprint density at radius 1 is 1.44 bits per heavy atom. The fourth-order valence-corrected chi connectivity index (χ4v) is 3.38. The van der Waals surface area contributed by atoms with E-state index in [2.05, 4.69) is 15.5 Å². The van der Waals surface area contributed by atoms with E-state index in [-0.39, 0.29) is 29.9 Å². The molecule has 0 aromatic carbocycles. The summed E-state index contributed by atoms with van der Waals surface area (Å²) in [5.74, 6) is 0.211. The van der Waals surface area contributed by atoms with Gasteiger partial charge in [0.05, 0.1) is 16.8 Å². The SMILES string of the molecule is CC(C)(N)c1cc(C(=O)N2CCC(C3(C)COC(=O)N3)CC2)n[nH]1.Cl. The van der Waals surface area contributed by atoms with Crippen LogP contribution in [0.1, 0.15) is 49.8 Å². The van der Waals surface area contributed by atoms with Gasteiger partial charge in [0.1, 0.15) is 12.3 Å². The van der Waals surface area contributed by atoms with E-state index in [0.29, 0.717) is 31.3 Å². The molecule has 3 heterocycles. The third kappa shape index (κ3) is 3.90. The molecule has 8 nitrogen and oxygen atoms in total. The van der Waals surface area contributed by atoms with Crippen molar-refractivity contribution < 1.29 is 14.3 Å². The molecule has 0 bridgehead atoms. The third-order valence-corrected chi connectivity index (χ3v) is 5.07. The summed E-state index contributed by atoms with van der Waals surface area (Å²) >= 11 is 0. The molecular formula is C16H26ClN5O3. The van der Waals surface area contributed by atoms with Crippen LogP contribution in [-0.2, 0) is 10.3 Å². The topological polar surface area (TPSA) is 113 Å². The first kappa shape index (κ1) is 19.5. The van der Waals surface area contributed by atoms with Crippen molar-refractivity contribution in [2.75, 3.05) is 19.7 Å². The molecule has 2 aliphatic rings. The molecule has 4 N–H and O–H groups in total. The summed E-state index contributed by atoms with van der Waals surface area (Å²) in [4.78, 5) is 25.7. The fraction of sp³-hybridized carbons (Fsp3) is 0.688. The normalized spacial score (nSPS) is 24.5. The van der Waals surface area contributed by atoms with Crippen molar-refractivity contribution in [1.29, 1.82) is 0 Å². The number of aromatic nitrogens is 2. The van der Waals surface area contributed by atoms with Crippen LogP contribution in [0.2, 0.25) is 0 Å². The monoisotopic (exact) mass is 371 g/mol. The molecule has 25 heavy (non-hydrogen) atoms. The lowest BCUT2D eigenvalue weighted by molar-refractivity contribution is 0.0618. The number of carbonyl (C=O) groups excluding carboxylic acids is 2. The van der Waals surface area contributed by atoms with E-state index in [1.165, 1.54) is 0 Å². The maximum absolute atomic E-state index is 12.6. The van der Waals surface area contributed by atoms with Gasteiger partial charge in [0.15, 0.2) is 0 Å². The van der Waals surface area contributed by atoms with Crippen molar-refractivity contribution in [2.24, 2.45) is 11.7 Å². The lowest BCUT2D eigenvalue weighted by Crippen LogP contribution is -2.52. The number of alkyl carbamates (subject to hydrolysis) is 1. The van der Waals surface area contributed by atoms with Gasteiger partial charge in [-0.1, -0.05) is 0 Å². The first-order valence-electron chi connectivity index (χ1n) is 8.28. The number of carbonyl (C=O) groups is 2. The number of nitrogens with zero attached hydrogens (tertiary/aromatic N) is 2. The smallest absolute Gasteiger partial charge is 0.407 e. The summed E-state index contributed by atoms with van der Waals surface area (Å²) in [5, 5.41) is 9.85. The maximum Gasteiger partial charge on any atom is 0.407 e. The van der Waals surface area contributed by atoms with E-state index < -0.39 is 5.54 Å². The fourth-order valence-electron chi connectivity index (χ4n) is 3.38. The molecule has 0 saturated carbocycles. The molecule has 1 aromatic rings. The average Bonchev–Trinajstić information content (AvgIpc) is 3.14. The Hall–Kier alpha value is -1.80. The third-order valence-electron chi connectivity index (χ3n) is 5.07. The Balaban J connectivity index is 0.00000225. The van der Waals surface area contributed by atoms with Crippen LogP contribution in [0.4, 0.5) is 4.79 Å². The van der Waals surface area contributed by atoms with Gasteiger partial charge in [0, 0.05) is 13.1 Å². The summed E-state index contributed by atoms with van der Waals surface area (Å²) < 4.78 is 5.04. The second kappa shape index (κ2) is 6.84. The van der Waals surface area contributed by atoms with Crippen molar-refractivity contribution in [3.8, 4) is 0 Å². The molecule has 1 unspecified atom stereocenters. The van der Waals surface area contributed by atoms with E-state index in [1.807, 2.05) is 20.8 Å². The van der Waals surface area contributed by atoms with E-state index in [0.717, 1.165) is 18.5 Å². The Morgan fingerprint density at radius 3 is 2.56 bits per heavy atom. The lowest BCUT2D eigenvalue weighted by atomic mass is 9.80. The predicted octanol–water partition coefficient (Wildman–Crippen LogP) is 1.38. The molecule has 1 atom stereocenters. The zero-order valence-electron chi connectivity index (χ0n) is 14.8. The van der Waals surface area contributed by atoms with E-state index in [4.69, 9.17) is 10.5 Å². The number of aromatic amines is 1. The van der Waals surface area contributed by atoms with Crippen LogP contribution in [0, 0.1) is 5.92 Å². The number of nitrogens with one attached hydrogen (secondary N) is 2. The van der Waals surface area contributed by atoms with Crippen molar-refractivity contribution in [3.63, 3.8) is 0 Å². The van der Waals surface area contributed by atoms with Gasteiger partial charge in [-0.25, -0.2) is 4.79 Å². The first-order chi connectivity index (χ1) is 11.2. The minimum Gasteiger partial charge on any atom is -0.447 e. The van der Waals surface area contributed by atoms with Gasteiger partial charge in [-0.3, -0.25) is 9.89 Å². The van der Waals surface area contributed by atoms with E-state index >= 15 is 0 Å². The van der Waals surface area contributed by atoms with Crippen molar-refractivity contribution in [3.05, 3.63) is 17.5 Å². The second-order valence-corrected chi connectivity index (χ2v) is 7.57. The van der Waals surface area contributed by atoms with Crippen LogP contribution in [0.25, 0.3) is 0 Å². The highest BCUT2D eigenvalue weighted by molar-refractivity contribution is 5.92. The van der Waals surface area contributed by atoms with Crippen LogP contribution < -0.4 is 11.1 Å². The quantitative estimate of drug-likeness (QED) is 0.742. The summed E-state index contributed by atoms with van der Waals surface area (Å²) in [6.07, 6.45) is 1.29. The number of rotatable bonds is 3. The van der Waals surface area contributed by atoms with Crippen LogP contribution in [-0.4, -0.2) is 52.3 Å². The first-order valence-corrected chi connectivity index (χ1v) is 8.28. The number of piperidine rings is 1. The number of hydrogen-bond donors (Lipinski definition) is 3. The van der Waals surface area contributed by atoms with Gasteiger partial charge in [-0.05, 0) is 45.6 Å². The summed E-state index contributed by atoms with van der Waals surface area (Å²) in [6, 6.07) is 1.72. The minimum atomic E-state index is -0.562. The van der Waals surface area contributed by atoms with Gasteiger partial charge >= 0.3 is 6.09 Å². The zero-order valence-corrected chi connectivity index (χ0v) is 15.6. The van der Waals surface area contributed by atoms with Gasteiger partial charge in [-0.15, -0.1) is 12.4 Å². The number of nitrogens with two attached hydrogens (primary N) is 1. The molecule has 3 rings (SSSR count). The van der Waals surface area contributed by atoms with Gasteiger partial charge < -0.3 is 20.7 Å². The Labute approximate surface area is 153 Å². The van der Waals surface area contributed by atoms with Crippen LogP contribution in [0.5, 0.6) is 0 Å². The molecule has 2 amide bonds. The number of amides is 2. The summed E-state index contributed by atoms with van der Waals surface area (Å²) in [5.41, 5.74) is 6.25. The second-order valence-electron chi connectivity index (χ2n) is 7.57. The highest BCUT2D eigenvalue weighted by atomic mass is 35.5. The van der Waals surface area contributed by atoms with Crippen molar-refractivity contribution >= 4 is 24.4 Å². The highest BCUT2D eigenvalue weighted by Gasteiger charge is 2.43. The van der Waals surface area contributed by atoms with Gasteiger partial charge in [0.2, 0.25) is 0 Å². The zero-order chi connectivity index (χ0) is 17.5. The Bertz CT molecular complexity index is 648. The number of ether oxygens (including phenoxy) is 1. The Morgan fingerprint density at radius 2 is 2.08 bits per heavy atom. The van der Waals surface area contributed by atoms with E-state index in [9.17, 15) is 9.59 Å². The molecule has 0 spiro atoms. The van der Waals surface area contributed by atoms with Gasteiger partial charge in [0.25, 0.3) is 5.91 Å². The number of hydrogen-bond acceptors (Lipinski definition) is 5. The molecule has 2 aliphatic heterocycles. The molecular weight excluding hydrogens is 346 g/mol. The summed E-state index contributed by atoms with van der Waals surface area (Å²) in [6.45, 7) is 7.40. The summed E-state index contributed by atoms with van der Waals surface area (Å²) in [7, 11) is 0. The van der Waals surface area contributed by atoms with Crippen molar-refractivity contribution in [1.82, 2.24) is 20.4 Å². The van der Waals surface area contributed by atoms with E-state index in [1.54, 1.807) is 11.0 Å². The number of cyclic esters (lactones) is 1. The molecule has 0 radical (unpaired) electrons. The molecule has 140 valence electrons. The van der Waals surface area contributed by atoms with Crippen molar-refractivity contribution in [2.45, 2.75) is 44.7 Å². The highest BCUT2D eigenvalue weighted by Crippen LogP contribution is 2.31. The molecule has 2 fully saturated rings. The van der Waals surface area contributed by atoms with Crippen LogP contribution in [0.3, 0.4) is 0 Å². The number of halogens is 1. The van der Waals surface area contributed by atoms with Crippen LogP contribution in [0.15, 0.2) is 6.07 Å². The maximum atomic E-state index is 12.6. The number of H-pyrrole nitrogens is 1. The van der Waals surface area contributed by atoms with Crippen LogP contribution >= 0.6 is 12.4 Å². The lowest BCUT2D eigenvalue weighted by Gasteiger charge is -2.38. The minimum absolute atomic E-state index is 0. The number of likely N-dealkylation sites (tertiary alicyclic amines) is 1.